The van der Waals surface area contributed by atoms with Crippen LogP contribution in [0.4, 0.5) is 0 Å². The van der Waals surface area contributed by atoms with Crippen LogP contribution in [-0.4, -0.2) is 21.3 Å². The summed E-state index contributed by atoms with van der Waals surface area (Å²) in [6, 6.07) is 17.8. The van der Waals surface area contributed by atoms with Crippen LogP contribution in [-0.2, 0) is 4.85 Å². The van der Waals surface area contributed by atoms with Gasteiger partial charge < -0.3 is 5.11 Å². The molecule has 1 N–H and O–H groups in total. The lowest BCUT2D eigenvalue weighted by molar-refractivity contribution is 0.183. The van der Waals surface area contributed by atoms with Crippen LogP contribution in [0.1, 0.15) is 47.1 Å². The molecule has 0 aromatic heterocycles. The fraction of sp³-hybridized carbons (Fsp3) is 0.684. The fourth-order valence-electron chi connectivity index (χ4n) is 4.89. The molecule has 1 aromatic carbocycles. The Labute approximate surface area is 140 Å². The minimum absolute atomic E-state index is 0.502. The molecular weight excluding hydrogens is 300 g/mol. The van der Waals surface area contributed by atoms with Crippen LogP contribution < -0.4 is 0 Å². The Bertz CT molecular complexity index is 399. The first-order valence-corrected chi connectivity index (χ1v) is 14.5. The van der Waals surface area contributed by atoms with Gasteiger partial charge in [0.25, 0.3) is 0 Å². The molecule has 0 radical (unpaired) electrons. The Balaban J connectivity index is 3.72. The maximum Gasteiger partial charge on any atom is 0.0919 e. The van der Waals surface area contributed by atoms with Gasteiger partial charge in [-0.1, -0.05) is 108 Å². The number of hydrogen-bond acceptors (Lipinski definition) is 1. The van der Waals surface area contributed by atoms with Gasteiger partial charge in [-0.15, -0.1) is 0 Å². The fourth-order valence-corrected chi connectivity index (χ4v) is 20.2. The zero-order chi connectivity index (χ0) is 16.9. The van der Waals surface area contributed by atoms with Gasteiger partial charge in [0.15, 0.2) is 0 Å². The van der Waals surface area contributed by atoms with Gasteiger partial charge in [0.1, 0.15) is 0 Å². The lowest BCUT2D eigenvalue weighted by Crippen LogP contribution is -2.69. The molecule has 1 rings (SSSR count). The van der Waals surface area contributed by atoms with E-state index in [-0.39, 0.29) is 0 Å². The molecule has 0 atom stereocenters. The Morgan fingerprint density at radius 3 is 1.27 bits per heavy atom. The molecule has 0 spiro atoms. The maximum atomic E-state index is 12.4. The van der Waals surface area contributed by atoms with Gasteiger partial charge in [0.05, 0.1) is 21.0 Å². The molecule has 126 valence electrons. The predicted molar refractivity (Wildman–Crippen MR) is 105 cm³/mol. The number of aliphatic hydroxyl groups is 1. The summed E-state index contributed by atoms with van der Waals surface area (Å²) in [7, 11) is -3.59. The first-order valence-electron chi connectivity index (χ1n) is 9.25. The third kappa shape index (κ3) is 2.76. The normalized spacial score (nSPS) is 13.4. The van der Waals surface area contributed by atoms with Crippen molar-refractivity contribution in [1.82, 2.24) is 0 Å². The molecule has 0 unspecified atom stereocenters. The van der Waals surface area contributed by atoms with Gasteiger partial charge in [0, 0.05) is 0 Å². The third-order valence-corrected chi connectivity index (χ3v) is 21.7. The van der Waals surface area contributed by atoms with Gasteiger partial charge in [-0.3, -0.25) is 0 Å². The smallest absolute Gasteiger partial charge is 0.0919 e. The van der Waals surface area contributed by atoms with Crippen LogP contribution in [0.2, 0.25) is 36.3 Å². The molecule has 0 bridgehead atoms. The summed E-state index contributed by atoms with van der Waals surface area (Å²) >= 11 is 0. The van der Waals surface area contributed by atoms with Crippen molar-refractivity contribution in [3.63, 3.8) is 0 Å². The van der Waals surface area contributed by atoms with Crippen molar-refractivity contribution < 1.29 is 5.11 Å². The van der Waals surface area contributed by atoms with Crippen molar-refractivity contribution in [2.24, 2.45) is 0 Å². The van der Waals surface area contributed by atoms with Crippen LogP contribution >= 0.6 is 0 Å². The highest BCUT2D eigenvalue weighted by atomic mass is 28.4. The average molecular weight is 337 g/mol. The van der Waals surface area contributed by atoms with Gasteiger partial charge in [-0.05, 0) is 5.56 Å². The zero-order valence-electron chi connectivity index (χ0n) is 15.6. The summed E-state index contributed by atoms with van der Waals surface area (Å²) in [5.74, 6) is 0. The van der Waals surface area contributed by atoms with E-state index in [9.17, 15) is 5.11 Å². The van der Waals surface area contributed by atoms with Crippen LogP contribution in [0.25, 0.3) is 0 Å². The highest BCUT2D eigenvalue weighted by molar-refractivity contribution is 7.00. The Morgan fingerprint density at radius 1 is 0.682 bits per heavy atom. The van der Waals surface area contributed by atoms with Gasteiger partial charge in [0.2, 0.25) is 0 Å². The molecule has 0 aliphatic rings. The molecule has 0 saturated carbocycles. The summed E-state index contributed by atoms with van der Waals surface area (Å²) in [6.45, 7) is 14.0. The first-order chi connectivity index (χ1) is 10.5. The number of benzene rings is 1. The van der Waals surface area contributed by atoms with Crippen molar-refractivity contribution in [1.29, 1.82) is 0 Å². The maximum absolute atomic E-state index is 12.4. The minimum Gasteiger partial charge on any atom is -0.392 e. The van der Waals surface area contributed by atoms with Crippen LogP contribution in [0.5, 0.6) is 0 Å². The van der Waals surface area contributed by atoms with Crippen molar-refractivity contribution in [2.75, 3.05) is 0 Å². The Hall–Kier alpha value is -0.386. The quantitative estimate of drug-likeness (QED) is 0.551. The molecule has 3 heteroatoms. The van der Waals surface area contributed by atoms with E-state index < -0.39 is 21.0 Å². The zero-order valence-corrected chi connectivity index (χ0v) is 17.6. The Morgan fingerprint density at radius 2 is 1.00 bits per heavy atom. The van der Waals surface area contributed by atoms with E-state index in [0.29, 0.717) is 0 Å². The largest absolute Gasteiger partial charge is 0.392 e. The summed E-state index contributed by atoms with van der Waals surface area (Å²) in [6.07, 6.45) is 0. The first kappa shape index (κ1) is 19.7. The lowest BCUT2D eigenvalue weighted by atomic mass is 10.2. The van der Waals surface area contributed by atoms with Gasteiger partial charge in [-0.25, -0.2) is 0 Å². The second kappa shape index (κ2) is 7.93. The van der Waals surface area contributed by atoms with Crippen LogP contribution in [0, 0.1) is 0 Å². The van der Waals surface area contributed by atoms with Crippen LogP contribution in [0.3, 0.4) is 0 Å². The van der Waals surface area contributed by atoms with E-state index in [1.807, 2.05) is 0 Å². The highest BCUT2D eigenvalue weighted by Crippen LogP contribution is 2.50. The van der Waals surface area contributed by atoms with Crippen molar-refractivity contribution in [3.8, 4) is 0 Å². The van der Waals surface area contributed by atoms with E-state index in [4.69, 9.17) is 0 Å². The van der Waals surface area contributed by atoms with E-state index in [0.717, 1.165) is 0 Å². The molecular formula is C19H36OSi2. The van der Waals surface area contributed by atoms with Crippen molar-refractivity contribution in [3.05, 3.63) is 35.9 Å². The third-order valence-electron chi connectivity index (χ3n) is 6.79. The van der Waals surface area contributed by atoms with Gasteiger partial charge >= 0.3 is 0 Å². The summed E-state index contributed by atoms with van der Waals surface area (Å²) < 4.78 is 0. The molecule has 0 aliphatic heterocycles. The molecule has 0 heterocycles. The predicted octanol–water partition coefficient (Wildman–Crippen LogP) is 5.97. The average Bonchev–Trinajstić information content (AvgIpc) is 2.59. The van der Waals surface area contributed by atoms with Crippen molar-refractivity contribution in [2.45, 2.75) is 82.7 Å². The lowest BCUT2D eigenvalue weighted by Gasteiger charge is -2.55. The number of rotatable bonds is 9. The molecule has 22 heavy (non-hydrogen) atoms. The van der Waals surface area contributed by atoms with E-state index in [2.05, 4.69) is 71.9 Å². The monoisotopic (exact) mass is 336 g/mol. The second-order valence-electron chi connectivity index (χ2n) is 6.76. The molecule has 1 aromatic rings. The summed E-state index contributed by atoms with van der Waals surface area (Å²) in [5.41, 5.74) is 1.23. The molecule has 0 aliphatic carbocycles. The van der Waals surface area contributed by atoms with E-state index in [1.54, 1.807) is 0 Å². The second-order valence-corrected chi connectivity index (χ2v) is 18.1. The van der Waals surface area contributed by atoms with Crippen LogP contribution in [0.15, 0.2) is 30.3 Å². The molecule has 1 nitrogen and oxygen atoms in total. The van der Waals surface area contributed by atoms with E-state index >= 15 is 0 Å². The summed E-state index contributed by atoms with van der Waals surface area (Å²) in [4.78, 5) is -0.502. The van der Waals surface area contributed by atoms with E-state index in [1.165, 1.54) is 41.8 Å². The highest BCUT2D eigenvalue weighted by Gasteiger charge is 2.60. The topological polar surface area (TPSA) is 20.2 Å². The molecule has 0 saturated heterocycles. The molecule has 0 amide bonds. The summed E-state index contributed by atoms with van der Waals surface area (Å²) in [5, 5.41) is 12.4. The molecule has 0 fully saturated rings. The van der Waals surface area contributed by atoms with Crippen molar-refractivity contribution >= 4 is 16.1 Å². The number of hydrogen-bond donors (Lipinski definition) is 1. The standard InChI is InChI=1S/C19H36OSi2/c1-7-21(8-2,9-3)19(20,18-16-14-13-15-17-18)22(10-4,11-5)12-6/h13-17,20H,7-12H2,1-6H3. The van der Waals surface area contributed by atoms with Gasteiger partial charge in [-0.2, -0.15) is 0 Å². The minimum atomic E-state index is -1.79. The Kier molecular flexibility index (Phi) is 7.09. The SMILES string of the molecule is CC[Si](CC)(CC)C(O)(c1ccccc1)[Si](CC)(CC)CC.